The summed E-state index contributed by atoms with van der Waals surface area (Å²) in [7, 11) is 0. The van der Waals surface area contributed by atoms with Crippen LogP contribution in [-0.2, 0) is 0 Å². The molecule has 1 aromatic carbocycles. The van der Waals surface area contributed by atoms with E-state index in [4.69, 9.17) is 0 Å². The van der Waals surface area contributed by atoms with Crippen molar-refractivity contribution in [1.29, 1.82) is 0 Å². The summed E-state index contributed by atoms with van der Waals surface area (Å²) in [5.74, 6) is 0.270. The molecule has 0 bridgehead atoms. The van der Waals surface area contributed by atoms with Gasteiger partial charge in [-0.3, -0.25) is 0 Å². The first kappa shape index (κ1) is 10.6. The molecule has 3 aromatic rings. The minimum atomic E-state index is 0.270. The van der Waals surface area contributed by atoms with Crippen LogP contribution in [0.4, 0.5) is 0 Å². The van der Waals surface area contributed by atoms with Crippen molar-refractivity contribution in [2.24, 2.45) is 0 Å². The van der Waals surface area contributed by atoms with Crippen molar-refractivity contribution in [3.05, 3.63) is 52.4 Å². The van der Waals surface area contributed by atoms with E-state index in [1.165, 1.54) is 3.57 Å². The van der Waals surface area contributed by atoms with Gasteiger partial charge in [0.05, 0.1) is 5.69 Å². The Morgan fingerprint density at radius 1 is 1.00 bits per heavy atom. The highest BCUT2D eigenvalue weighted by molar-refractivity contribution is 14.1. The zero-order chi connectivity index (χ0) is 11.8. The van der Waals surface area contributed by atoms with Gasteiger partial charge in [-0.25, -0.2) is 4.98 Å². The molecule has 3 rings (SSSR count). The molecular weight excluding hydrogens is 325 g/mol. The number of aromatic nitrogens is 2. The summed E-state index contributed by atoms with van der Waals surface area (Å²) in [6.45, 7) is 0. The molecule has 2 aromatic heterocycles. The SMILES string of the molecule is Oc1ccc(-c2cn3cc([125I])ccc3n2)cc1. The number of aromatic hydroxyl groups is 1. The lowest BCUT2D eigenvalue weighted by Gasteiger charge is -1.95. The average molecular weight is 334 g/mol. The quantitative estimate of drug-likeness (QED) is 0.694. The second-order valence-electron chi connectivity index (χ2n) is 3.79. The second kappa shape index (κ2) is 4.03. The number of nitrogens with zero attached hydrogens (tertiary/aromatic N) is 2. The number of benzene rings is 1. The van der Waals surface area contributed by atoms with E-state index in [2.05, 4.69) is 27.6 Å². The van der Waals surface area contributed by atoms with Crippen LogP contribution in [0.3, 0.4) is 0 Å². The number of fused-ring (bicyclic) bond motifs is 1. The van der Waals surface area contributed by atoms with Gasteiger partial charge in [-0.05, 0) is 59.0 Å². The standard InChI is InChI=1S/C13H9IN2O/c14-10-3-6-13-15-12(8-16(13)7-10)9-1-4-11(17)5-2-9/h1-8,17H/i14-2. The Morgan fingerprint density at radius 3 is 2.53 bits per heavy atom. The summed E-state index contributed by atoms with van der Waals surface area (Å²) in [4.78, 5) is 4.53. The van der Waals surface area contributed by atoms with Gasteiger partial charge in [-0.2, -0.15) is 0 Å². The number of hydrogen-bond acceptors (Lipinski definition) is 2. The summed E-state index contributed by atoms with van der Waals surface area (Å²) in [5.41, 5.74) is 2.84. The van der Waals surface area contributed by atoms with Crippen LogP contribution in [0.25, 0.3) is 16.9 Å². The van der Waals surface area contributed by atoms with E-state index in [-0.39, 0.29) is 5.75 Å². The van der Waals surface area contributed by atoms with Gasteiger partial charge in [0.1, 0.15) is 11.4 Å². The smallest absolute Gasteiger partial charge is 0.137 e. The Bertz CT molecular complexity index is 673. The van der Waals surface area contributed by atoms with E-state index in [0.29, 0.717) is 0 Å². The van der Waals surface area contributed by atoms with Crippen LogP contribution < -0.4 is 0 Å². The molecule has 0 atom stereocenters. The molecule has 0 fully saturated rings. The monoisotopic (exact) mass is 334 g/mol. The van der Waals surface area contributed by atoms with E-state index < -0.39 is 0 Å². The zero-order valence-corrected chi connectivity index (χ0v) is 11.0. The van der Waals surface area contributed by atoms with Crippen molar-refractivity contribution in [2.75, 3.05) is 0 Å². The van der Waals surface area contributed by atoms with Crippen LogP contribution >= 0.6 is 22.6 Å². The minimum absolute atomic E-state index is 0.270. The molecule has 0 spiro atoms. The molecule has 17 heavy (non-hydrogen) atoms. The van der Waals surface area contributed by atoms with Crippen molar-refractivity contribution in [1.82, 2.24) is 9.38 Å². The predicted molar refractivity (Wildman–Crippen MR) is 75.0 cm³/mol. The van der Waals surface area contributed by atoms with Gasteiger partial charge < -0.3 is 9.51 Å². The molecule has 4 heteroatoms. The zero-order valence-electron chi connectivity index (χ0n) is 8.84. The van der Waals surface area contributed by atoms with Gasteiger partial charge in [-0.1, -0.05) is 0 Å². The number of pyridine rings is 1. The Morgan fingerprint density at radius 2 is 1.76 bits per heavy atom. The highest BCUT2D eigenvalue weighted by Crippen LogP contribution is 2.22. The minimum Gasteiger partial charge on any atom is -0.508 e. The van der Waals surface area contributed by atoms with Crippen LogP contribution in [-0.4, -0.2) is 14.5 Å². The Kier molecular flexibility index (Phi) is 2.51. The van der Waals surface area contributed by atoms with Crippen molar-refractivity contribution >= 4 is 28.2 Å². The van der Waals surface area contributed by atoms with Gasteiger partial charge in [0.25, 0.3) is 0 Å². The first-order valence-corrected chi connectivity index (χ1v) is 6.24. The molecule has 0 radical (unpaired) electrons. The van der Waals surface area contributed by atoms with Gasteiger partial charge in [0.2, 0.25) is 0 Å². The third-order valence-corrected chi connectivity index (χ3v) is 3.22. The van der Waals surface area contributed by atoms with Gasteiger partial charge in [0, 0.05) is 21.5 Å². The van der Waals surface area contributed by atoms with Crippen molar-refractivity contribution in [3.63, 3.8) is 0 Å². The Labute approximate surface area is 112 Å². The first-order chi connectivity index (χ1) is 8.22. The fourth-order valence-corrected chi connectivity index (χ4v) is 2.22. The molecule has 2 heterocycles. The number of halogens is 1. The van der Waals surface area contributed by atoms with Crippen molar-refractivity contribution < 1.29 is 5.11 Å². The van der Waals surface area contributed by atoms with Gasteiger partial charge in [-0.15, -0.1) is 0 Å². The maximum absolute atomic E-state index is 9.25. The van der Waals surface area contributed by atoms with Crippen molar-refractivity contribution in [2.45, 2.75) is 0 Å². The lowest BCUT2D eigenvalue weighted by Crippen LogP contribution is -1.82. The molecule has 1 N–H and O–H groups in total. The molecule has 0 saturated carbocycles. The normalized spacial score (nSPS) is 10.9. The van der Waals surface area contributed by atoms with Gasteiger partial charge >= 0.3 is 0 Å². The maximum Gasteiger partial charge on any atom is 0.137 e. The number of phenols is 1. The summed E-state index contributed by atoms with van der Waals surface area (Å²) >= 11 is 2.27. The summed E-state index contributed by atoms with van der Waals surface area (Å²) in [6, 6.07) is 11.1. The van der Waals surface area contributed by atoms with Crippen LogP contribution in [0.2, 0.25) is 0 Å². The molecule has 0 aliphatic carbocycles. The number of rotatable bonds is 1. The van der Waals surface area contributed by atoms with E-state index >= 15 is 0 Å². The maximum atomic E-state index is 9.25. The molecule has 3 nitrogen and oxygen atoms in total. The molecule has 0 aliphatic heterocycles. The molecule has 0 amide bonds. The highest BCUT2D eigenvalue weighted by Gasteiger charge is 2.04. The fourth-order valence-electron chi connectivity index (χ4n) is 1.74. The Balaban J connectivity index is 2.14. The lowest BCUT2D eigenvalue weighted by atomic mass is 10.2. The molecular formula is C13H9IN2O. The number of hydrogen-bond donors (Lipinski definition) is 1. The largest absolute Gasteiger partial charge is 0.508 e. The van der Waals surface area contributed by atoms with E-state index in [0.717, 1.165) is 16.9 Å². The Hall–Kier alpha value is -1.56. The second-order valence-corrected chi connectivity index (χ2v) is 5.03. The molecule has 84 valence electrons. The molecule has 0 unspecified atom stereocenters. The highest BCUT2D eigenvalue weighted by atomic mass is 125. The van der Waals surface area contributed by atoms with Gasteiger partial charge in [0.15, 0.2) is 0 Å². The predicted octanol–water partition coefficient (Wildman–Crippen LogP) is 3.31. The third-order valence-electron chi connectivity index (χ3n) is 2.58. The lowest BCUT2D eigenvalue weighted by molar-refractivity contribution is 0.475. The summed E-state index contributed by atoms with van der Waals surface area (Å²) in [5, 5.41) is 9.25. The topological polar surface area (TPSA) is 37.5 Å². The van der Waals surface area contributed by atoms with E-state index in [1.807, 2.05) is 41.1 Å². The summed E-state index contributed by atoms with van der Waals surface area (Å²) < 4.78 is 3.18. The fraction of sp³-hybridized carbons (Fsp3) is 0. The molecule has 0 saturated heterocycles. The first-order valence-electron chi connectivity index (χ1n) is 5.16. The molecule has 0 aliphatic rings. The average Bonchev–Trinajstić information content (AvgIpc) is 2.72. The number of phenolic OH excluding ortho intramolecular Hbond substituents is 1. The van der Waals surface area contributed by atoms with Crippen LogP contribution in [0.1, 0.15) is 0 Å². The van der Waals surface area contributed by atoms with Crippen LogP contribution in [0.5, 0.6) is 5.75 Å². The van der Waals surface area contributed by atoms with E-state index in [1.54, 1.807) is 12.1 Å². The summed E-state index contributed by atoms with van der Waals surface area (Å²) in [6.07, 6.45) is 4.02. The van der Waals surface area contributed by atoms with Crippen LogP contribution in [0, 0.1) is 3.57 Å². The third kappa shape index (κ3) is 2.00. The van der Waals surface area contributed by atoms with E-state index in [9.17, 15) is 5.11 Å². The van der Waals surface area contributed by atoms with Crippen LogP contribution in [0.15, 0.2) is 48.8 Å². The number of imidazole rings is 1. The van der Waals surface area contributed by atoms with Crippen molar-refractivity contribution in [3.8, 4) is 17.0 Å².